The molecule has 1 amide bonds. The number of rotatable bonds is 10. The molecule has 3 aromatic carbocycles. The predicted octanol–water partition coefficient (Wildman–Crippen LogP) is 5.13. The summed E-state index contributed by atoms with van der Waals surface area (Å²) >= 11 is 0. The molecule has 0 saturated carbocycles. The maximum absolute atomic E-state index is 13.7. The molecule has 1 aliphatic heterocycles. The van der Waals surface area contributed by atoms with Crippen molar-refractivity contribution in [3.05, 3.63) is 90.7 Å². The van der Waals surface area contributed by atoms with Crippen LogP contribution in [0.5, 0.6) is 5.75 Å². The summed E-state index contributed by atoms with van der Waals surface area (Å²) in [5, 5.41) is 12.5. The van der Waals surface area contributed by atoms with E-state index in [4.69, 9.17) is 9.47 Å². The maximum atomic E-state index is 13.7. The van der Waals surface area contributed by atoms with Crippen LogP contribution in [-0.4, -0.2) is 70.5 Å². The summed E-state index contributed by atoms with van der Waals surface area (Å²) in [4.78, 5) is 23.7. The molecule has 0 bridgehead atoms. The molecule has 6 rings (SSSR count). The molecule has 220 valence electrons. The second kappa shape index (κ2) is 12.6. The average Bonchev–Trinajstić information content (AvgIpc) is 3.63. The van der Waals surface area contributed by atoms with Gasteiger partial charge in [-0.15, -0.1) is 0 Å². The number of nitrogens with zero attached hydrogens (tertiary/aromatic N) is 5. The molecule has 0 radical (unpaired) electrons. The van der Waals surface area contributed by atoms with Crippen molar-refractivity contribution in [2.75, 3.05) is 44.5 Å². The van der Waals surface area contributed by atoms with Crippen LogP contribution in [0.2, 0.25) is 0 Å². The zero-order valence-corrected chi connectivity index (χ0v) is 24.0. The van der Waals surface area contributed by atoms with Crippen molar-refractivity contribution in [2.24, 2.45) is 0 Å². The number of carbonyl (C=O) groups excluding carboxylic acids is 1. The summed E-state index contributed by atoms with van der Waals surface area (Å²) in [6.07, 6.45) is 7.25. The zero-order chi connectivity index (χ0) is 29.8. The minimum atomic E-state index is -0.271. The number of hydrogen-bond acceptors (Lipinski definition) is 8. The lowest BCUT2D eigenvalue weighted by molar-refractivity contribution is -0.111. The Morgan fingerprint density at radius 3 is 2.91 bits per heavy atom. The Kier molecular flexibility index (Phi) is 8.25. The summed E-state index contributed by atoms with van der Waals surface area (Å²) in [6, 6.07) is 16.0. The van der Waals surface area contributed by atoms with E-state index in [1.165, 1.54) is 24.5 Å². The van der Waals surface area contributed by atoms with Gasteiger partial charge in [0.1, 0.15) is 29.8 Å². The van der Waals surface area contributed by atoms with Gasteiger partial charge in [-0.3, -0.25) is 9.48 Å². The van der Waals surface area contributed by atoms with Crippen LogP contribution in [0, 0.1) is 5.82 Å². The van der Waals surface area contributed by atoms with E-state index in [0.717, 1.165) is 28.6 Å². The highest BCUT2D eigenvalue weighted by atomic mass is 19.1. The van der Waals surface area contributed by atoms with E-state index in [0.29, 0.717) is 54.5 Å². The van der Waals surface area contributed by atoms with Crippen molar-refractivity contribution < 1.29 is 18.7 Å². The SMILES string of the molecule is CN(C)C/C=C/C(=O)Nc1cc2c(Nc3ccc4c(cnn4Cc4cccc(F)c4)c3)ncnc2cc1O[C@H]1CCOC1. The van der Waals surface area contributed by atoms with Crippen LogP contribution in [0.25, 0.3) is 21.8 Å². The number of ether oxygens (including phenoxy) is 2. The third-order valence-electron chi connectivity index (χ3n) is 7.04. The van der Waals surface area contributed by atoms with Crippen LogP contribution in [0.15, 0.2) is 79.3 Å². The number of anilines is 3. The first-order valence-electron chi connectivity index (χ1n) is 14.0. The van der Waals surface area contributed by atoms with Gasteiger partial charge in [0.25, 0.3) is 0 Å². The Bertz CT molecular complexity index is 1800. The maximum Gasteiger partial charge on any atom is 0.248 e. The van der Waals surface area contributed by atoms with Crippen LogP contribution in [-0.2, 0) is 16.1 Å². The molecule has 2 aromatic heterocycles. The summed E-state index contributed by atoms with van der Waals surface area (Å²) < 4.78 is 27.2. The fourth-order valence-corrected chi connectivity index (χ4v) is 4.94. The normalized spacial score (nSPS) is 15.1. The molecule has 43 heavy (non-hydrogen) atoms. The van der Waals surface area contributed by atoms with Crippen molar-refractivity contribution in [3.63, 3.8) is 0 Å². The second-order valence-electron chi connectivity index (χ2n) is 10.7. The number of nitrogens with one attached hydrogen (secondary N) is 2. The molecule has 0 aliphatic carbocycles. The molecule has 5 aromatic rings. The third kappa shape index (κ3) is 6.79. The third-order valence-corrected chi connectivity index (χ3v) is 7.04. The fourth-order valence-electron chi connectivity index (χ4n) is 4.94. The smallest absolute Gasteiger partial charge is 0.248 e. The summed E-state index contributed by atoms with van der Waals surface area (Å²) in [6.45, 7) is 2.23. The first kappa shape index (κ1) is 28.3. The molecule has 0 spiro atoms. The highest BCUT2D eigenvalue weighted by Gasteiger charge is 2.21. The van der Waals surface area contributed by atoms with Crippen LogP contribution in [0.1, 0.15) is 12.0 Å². The monoisotopic (exact) mass is 581 g/mol. The van der Waals surface area contributed by atoms with E-state index < -0.39 is 0 Å². The highest BCUT2D eigenvalue weighted by Crippen LogP contribution is 2.35. The lowest BCUT2D eigenvalue weighted by Gasteiger charge is -2.17. The van der Waals surface area contributed by atoms with Gasteiger partial charge in [0, 0.05) is 41.6 Å². The number of aromatic nitrogens is 4. The van der Waals surface area contributed by atoms with Crippen molar-refractivity contribution in [1.29, 1.82) is 0 Å². The van der Waals surface area contributed by atoms with Crippen molar-refractivity contribution in [3.8, 4) is 5.75 Å². The van der Waals surface area contributed by atoms with E-state index >= 15 is 0 Å². The van der Waals surface area contributed by atoms with Crippen LogP contribution >= 0.6 is 0 Å². The van der Waals surface area contributed by atoms with Crippen molar-refractivity contribution >= 4 is 44.9 Å². The Labute approximate surface area is 248 Å². The Morgan fingerprint density at radius 2 is 2.09 bits per heavy atom. The lowest BCUT2D eigenvalue weighted by Crippen LogP contribution is -2.18. The molecule has 11 heteroatoms. The summed E-state index contributed by atoms with van der Waals surface area (Å²) in [5.41, 5.74) is 3.74. The minimum absolute atomic E-state index is 0.106. The predicted molar refractivity (Wildman–Crippen MR) is 164 cm³/mol. The first-order chi connectivity index (χ1) is 20.9. The van der Waals surface area contributed by atoms with Gasteiger partial charge in [0.05, 0.1) is 42.7 Å². The van der Waals surface area contributed by atoms with E-state index in [9.17, 15) is 9.18 Å². The van der Waals surface area contributed by atoms with Crippen molar-refractivity contribution in [1.82, 2.24) is 24.6 Å². The molecule has 3 heterocycles. The Morgan fingerprint density at radius 1 is 1.19 bits per heavy atom. The summed E-state index contributed by atoms with van der Waals surface area (Å²) in [7, 11) is 3.87. The molecule has 2 N–H and O–H groups in total. The number of halogens is 1. The molecular formula is C32H32FN7O3. The quantitative estimate of drug-likeness (QED) is 0.219. The molecule has 1 saturated heterocycles. The minimum Gasteiger partial charge on any atom is -0.486 e. The van der Waals surface area contributed by atoms with Gasteiger partial charge in [-0.05, 0) is 56.1 Å². The largest absolute Gasteiger partial charge is 0.486 e. The number of benzene rings is 3. The van der Waals surface area contributed by atoms with Gasteiger partial charge < -0.3 is 25.0 Å². The van der Waals surface area contributed by atoms with Gasteiger partial charge in [0.15, 0.2) is 0 Å². The number of amides is 1. The van der Waals surface area contributed by atoms with E-state index in [2.05, 4.69) is 25.7 Å². The highest BCUT2D eigenvalue weighted by molar-refractivity contribution is 6.03. The van der Waals surface area contributed by atoms with Gasteiger partial charge in [0.2, 0.25) is 5.91 Å². The van der Waals surface area contributed by atoms with E-state index in [1.807, 2.05) is 60.1 Å². The summed E-state index contributed by atoms with van der Waals surface area (Å²) in [5.74, 6) is 0.563. The van der Waals surface area contributed by atoms with Crippen LogP contribution in [0.3, 0.4) is 0 Å². The number of carbonyl (C=O) groups is 1. The second-order valence-corrected chi connectivity index (χ2v) is 10.7. The standard InChI is InChI=1S/C32H32FN7O3/c1-39(2)11-4-7-31(41)38-28-15-26-27(16-30(28)43-25-10-12-42-19-25)34-20-35-32(26)37-24-8-9-29-22(14-24)17-36-40(29)18-21-5-3-6-23(33)13-21/h3-9,13-17,20,25H,10-12,18-19H2,1-2H3,(H,38,41)(H,34,35,37)/b7-4+/t25-/m0/s1. The number of fused-ring (bicyclic) bond motifs is 2. The topological polar surface area (TPSA) is 106 Å². The number of likely N-dealkylation sites (N-methyl/N-ethyl adjacent to an activating group) is 1. The fraction of sp³-hybridized carbons (Fsp3) is 0.250. The molecular weight excluding hydrogens is 549 g/mol. The van der Waals surface area contributed by atoms with Gasteiger partial charge in [-0.1, -0.05) is 18.2 Å². The Balaban J connectivity index is 1.28. The van der Waals surface area contributed by atoms with Crippen LogP contribution in [0.4, 0.5) is 21.6 Å². The zero-order valence-electron chi connectivity index (χ0n) is 24.0. The van der Waals surface area contributed by atoms with E-state index in [1.54, 1.807) is 18.3 Å². The molecule has 10 nitrogen and oxygen atoms in total. The van der Waals surface area contributed by atoms with Crippen LogP contribution < -0.4 is 15.4 Å². The molecule has 0 unspecified atom stereocenters. The van der Waals surface area contributed by atoms with Gasteiger partial charge >= 0.3 is 0 Å². The molecule has 1 fully saturated rings. The average molecular weight is 582 g/mol. The Hall–Kier alpha value is -4.87. The van der Waals surface area contributed by atoms with Gasteiger partial charge in [-0.2, -0.15) is 5.10 Å². The van der Waals surface area contributed by atoms with Crippen molar-refractivity contribution in [2.45, 2.75) is 19.1 Å². The molecule has 1 atom stereocenters. The lowest BCUT2D eigenvalue weighted by atomic mass is 10.1. The number of hydrogen-bond donors (Lipinski definition) is 2. The van der Waals surface area contributed by atoms with E-state index in [-0.39, 0.29) is 17.8 Å². The molecule has 1 aliphatic rings. The first-order valence-corrected chi connectivity index (χ1v) is 14.0. The van der Waals surface area contributed by atoms with Gasteiger partial charge in [-0.25, -0.2) is 14.4 Å².